The van der Waals surface area contributed by atoms with Crippen molar-refractivity contribution in [3.05, 3.63) is 124 Å². The lowest BCUT2D eigenvalue weighted by atomic mass is 9.97. The molecule has 2 fully saturated rings. The van der Waals surface area contributed by atoms with Gasteiger partial charge in [-0.15, -0.1) is 11.3 Å². The number of ketones is 1. The number of likely N-dealkylation sites (tertiary alicyclic amines) is 1. The number of carbonyl (C=O) groups excluding carboxylic acids is 4. The largest absolute Gasteiger partial charge is 0.491 e. The second-order valence-corrected chi connectivity index (χ2v) is 19.9. The first kappa shape index (κ1) is 51.6. The van der Waals surface area contributed by atoms with Crippen LogP contribution in [0.2, 0.25) is 0 Å². The SMILES string of the molecule is Cc1ncsc1-c1ccc(CCC(=O)[C@@H]2C[C@@H](O)CN2C(=O)[C@H](C(C)C)N2Cc3ccccc3C2=O)c(OCCOCCOc2ccc(N3C(=S)N(c4ccc(C#N)c(C(F)(F)F)c4)C(=O)C3(C)C)cc2)c1. The number of aliphatic hydroxyl groups excluding tert-OH is 1. The van der Waals surface area contributed by atoms with Crippen LogP contribution in [0, 0.1) is 24.2 Å². The number of fused-ring (bicyclic) bond motifs is 1. The molecule has 3 aliphatic rings. The Balaban J connectivity index is 0.855. The molecular formula is C53H53F3N6O8S2. The van der Waals surface area contributed by atoms with Gasteiger partial charge in [0.05, 0.1) is 64.3 Å². The molecule has 0 aliphatic carbocycles. The summed E-state index contributed by atoms with van der Waals surface area (Å²) in [4.78, 5) is 66.4. The number of hydrogen-bond acceptors (Lipinski definition) is 12. The van der Waals surface area contributed by atoms with E-state index in [-0.39, 0.29) is 80.1 Å². The van der Waals surface area contributed by atoms with Gasteiger partial charge in [0, 0.05) is 37.2 Å². The maximum absolute atomic E-state index is 14.3. The summed E-state index contributed by atoms with van der Waals surface area (Å²) >= 11 is 7.15. The van der Waals surface area contributed by atoms with E-state index in [0.717, 1.165) is 44.3 Å². The average Bonchev–Trinajstić information content (AvgIpc) is 4.09. The van der Waals surface area contributed by atoms with Crippen molar-refractivity contribution >= 4 is 63.5 Å². The minimum Gasteiger partial charge on any atom is -0.491 e. The Labute approximate surface area is 424 Å². The van der Waals surface area contributed by atoms with Gasteiger partial charge in [-0.2, -0.15) is 18.4 Å². The zero-order chi connectivity index (χ0) is 51.6. The topological polar surface area (TPSA) is 166 Å². The van der Waals surface area contributed by atoms with Crippen LogP contribution >= 0.6 is 23.6 Å². The summed E-state index contributed by atoms with van der Waals surface area (Å²) in [7, 11) is 0. The van der Waals surface area contributed by atoms with Gasteiger partial charge in [-0.25, -0.2) is 4.98 Å². The Bertz CT molecular complexity index is 2940. The van der Waals surface area contributed by atoms with Crippen molar-refractivity contribution in [3.8, 4) is 28.0 Å². The van der Waals surface area contributed by atoms with Crippen LogP contribution in [0.3, 0.4) is 0 Å². The predicted octanol–water partition coefficient (Wildman–Crippen LogP) is 8.54. The highest BCUT2D eigenvalue weighted by atomic mass is 32.1. The molecule has 5 aromatic rings. The maximum Gasteiger partial charge on any atom is 0.417 e. The number of benzene rings is 4. The fraction of sp³-hybridized carbons (Fsp3) is 0.377. The van der Waals surface area contributed by atoms with Gasteiger partial charge in [-0.05, 0) is 117 Å². The number of β-amino-alcohol motifs (C(OH)–C–C–N with tert-alkyl or cyclic N) is 1. The van der Waals surface area contributed by atoms with Gasteiger partial charge in [-0.3, -0.25) is 24.1 Å². The van der Waals surface area contributed by atoms with E-state index in [0.29, 0.717) is 35.7 Å². The number of carbonyl (C=O) groups is 4. The Morgan fingerprint density at radius 1 is 0.972 bits per heavy atom. The van der Waals surface area contributed by atoms with Crippen molar-refractivity contribution < 1.29 is 51.7 Å². The number of thiocarbonyl (C=S) groups is 1. The lowest BCUT2D eigenvalue weighted by Crippen LogP contribution is -2.54. The number of nitriles is 1. The van der Waals surface area contributed by atoms with Crippen LogP contribution in [-0.2, 0) is 38.3 Å². The first-order valence-corrected chi connectivity index (χ1v) is 24.8. The minimum atomic E-state index is -4.82. The summed E-state index contributed by atoms with van der Waals surface area (Å²) in [5.74, 6) is -0.494. The van der Waals surface area contributed by atoms with Crippen molar-refractivity contribution in [2.24, 2.45) is 5.92 Å². The van der Waals surface area contributed by atoms with Gasteiger partial charge in [0.15, 0.2) is 10.9 Å². The quantitative estimate of drug-likeness (QED) is 0.0658. The van der Waals surface area contributed by atoms with Gasteiger partial charge in [-0.1, -0.05) is 44.2 Å². The van der Waals surface area contributed by atoms with Crippen LogP contribution in [0.4, 0.5) is 24.5 Å². The Hall–Kier alpha value is -6.72. The zero-order valence-electron chi connectivity index (χ0n) is 40.3. The first-order valence-electron chi connectivity index (χ1n) is 23.5. The molecule has 19 heteroatoms. The zero-order valence-corrected chi connectivity index (χ0v) is 41.9. The summed E-state index contributed by atoms with van der Waals surface area (Å²) in [6.45, 7) is 9.99. The molecule has 0 radical (unpaired) electrons. The average molecular weight is 1020 g/mol. The molecule has 1 N–H and O–H groups in total. The van der Waals surface area contributed by atoms with Crippen LogP contribution in [0.1, 0.15) is 78.8 Å². The molecule has 3 atom stereocenters. The number of aliphatic hydroxyl groups is 1. The molecule has 0 bridgehead atoms. The van der Waals surface area contributed by atoms with Crippen molar-refractivity contribution in [1.29, 1.82) is 5.26 Å². The van der Waals surface area contributed by atoms with E-state index in [4.69, 9.17) is 26.4 Å². The number of ether oxygens (including phenoxy) is 3. The highest BCUT2D eigenvalue weighted by Crippen LogP contribution is 2.41. The summed E-state index contributed by atoms with van der Waals surface area (Å²) in [6, 6.07) is 22.8. The second kappa shape index (κ2) is 21.2. The Morgan fingerprint density at radius 3 is 2.35 bits per heavy atom. The molecule has 4 aromatic carbocycles. The molecular weight excluding hydrogens is 970 g/mol. The van der Waals surface area contributed by atoms with Gasteiger partial charge in [0.25, 0.3) is 11.8 Å². The fourth-order valence-electron chi connectivity index (χ4n) is 9.53. The number of halogens is 3. The number of alkyl halides is 3. The third-order valence-electron chi connectivity index (χ3n) is 13.2. The number of Topliss-reactive ketones (excluding diaryl/α,β-unsaturated/α-hetero) is 1. The van der Waals surface area contributed by atoms with Crippen LogP contribution in [0.25, 0.3) is 10.4 Å². The molecule has 8 rings (SSSR count). The number of amides is 3. The molecule has 4 heterocycles. The van der Waals surface area contributed by atoms with Crippen LogP contribution in [0.15, 0.2) is 90.4 Å². The molecule has 3 amide bonds. The molecule has 0 spiro atoms. The van der Waals surface area contributed by atoms with Crippen LogP contribution in [-0.4, -0.2) is 105 Å². The number of nitrogens with zero attached hydrogens (tertiary/aromatic N) is 6. The van der Waals surface area contributed by atoms with Crippen molar-refractivity contribution in [1.82, 2.24) is 14.8 Å². The van der Waals surface area contributed by atoms with E-state index in [9.17, 15) is 42.7 Å². The van der Waals surface area contributed by atoms with Crippen LogP contribution in [0.5, 0.6) is 11.5 Å². The number of aryl methyl sites for hydroxylation is 2. The number of aromatic nitrogens is 1. The van der Waals surface area contributed by atoms with Gasteiger partial charge >= 0.3 is 6.18 Å². The normalized spacial score (nSPS) is 18.0. The predicted molar refractivity (Wildman–Crippen MR) is 268 cm³/mol. The van der Waals surface area contributed by atoms with Crippen molar-refractivity contribution in [2.45, 2.75) is 90.3 Å². The van der Waals surface area contributed by atoms with Crippen LogP contribution < -0.4 is 19.3 Å². The van der Waals surface area contributed by atoms with Gasteiger partial charge in [0.1, 0.15) is 36.3 Å². The number of hydrogen-bond donors (Lipinski definition) is 1. The van der Waals surface area contributed by atoms with E-state index < -0.39 is 46.9 Å². The summed E-state index contributed by atoms with van der Waals surface area (Å²) < 4.78 is 59.4. The lowest BCUT2D eigenvalue weighted by molar-refractivity contribution is -0.142. The molecule has 0 saturated carbocycles. The Morgan fingerprint density at radius 2 is 1.68 bits per heavy atom. The van der Waals surface area contributed by atoms with Crippen molar-refractivity contribution in [3.63, 3.8) is 0 Å². The third kappa shape index (κ3) is 10.4. The molecule has 2 saturated heterocycles. The molecule has 14 nitrogen and oxygen atoms in total. The highest BCUT2D eigenvalue weighted by Gasteiger charge is 2.51. The summed E-state index contributed by atoms with van der Waals surface area (Å²) in [5, 5.41) is 20.0. The standard InChI is InChI=1S/C53H53F3N6O8S2/c1-31(2)46(60-28-36-8-6-7-9-41(36)48(60)65)49(66)59-29-39(63)26-43(59)44(64)19-13-33-10-11-34(47-32(3)58-30-72-47)24-45(33)70-23-21-68-20-22-69-40-17-15-37(16-18-40)62-51(71)61(50(67)52(62,4)5)38-14-12-35(27-57)42(25-38)53(54,55)56/h6-12,14-18,24-25,30-31,39,43,46,63H,13,19-23,26,28-29H2,1-5H3/t39-,43+,46+/m1/s1. The third-order valence-corrected chi connectivity index (χ3v) is 14.5. The van der Waals surface area contributed by atoms with E-state index in [1.807, 2.05) is 51.1 Å². The van der Waals surface area contributed by atoms with E-state index in [2.05, 4.69) is 4.98 Å². The van der Waals surface area contributed by atoms with Crippen molar-refractivity contribution in [2.75, 3.05) is 42.8 Å². The summed E-state index contributed by atoms with van der Waals surface area (Å²) in [6.07, 6.45) is -5.20. The highest BCUT2D eigenvalue weighted by molar-refractivity contribution is 7.81. The van der Waals surface area contributed by atoms with E-state index in [1.54, 1.807) is 71.6 Å². The van der Waals surface area contributed by atoms with Gasteiger partial charge in [0.2, 0.25) is 5.91 Å². The maximum atomic E-state index is 14.3. The smallest absolute Gasteiger partial charge is 0.417 e. The molecule has 376 valence electrons. The molecule has 1 aromatic heterocycles. The molecule has 72 heavy (non-hydrogen) atoms. The second-order valence-electron chi connectivity index (χ2n) is 18.7. The molecule has 3 aliphatic heterocycles. The first-order chi connectivity index (χ1) is 34.3. The lowest BCUT2D eigenvalue weighted by Gasteiger charge is -2.35. The Kier molecular flexibility index (Phi) is 15.2. The summed E-state index contributed by atoms with van der Waals surface area (Å²) in [5.41, 5.74) is 3.15. The number of thiazole rings is 1. The fourth-order valence-corrected chi connectivity index (χ4v) is 10.9. The molecule has 0 unspecified atom stereocenters. The van der Waals surface area contributed by atoms with Gasteiger partial charge < -0.3 is 34.0 Å². The minimum absolute atomic E-state index is 0.00132. The van der Waals surface area contributed by atoms with E-state index in [1.165, 1.54) is 22.3 Å². The number of anilines is 2. The van der Waals surface area contributed by atoms with E-state index >= 15 is 0 Å². The monoisotopic (exact) mass is 1020 g/mol. The number of rotatable bonds is 18.